The molecule has 0 saturated carbocycles. The number of hydrogen-bond donors (Lipinski definition) is 1. The molecule has 1 saturated heterocycles. The number of para-hydroxylation sites is 2. The molecule has 0 radical (unpaired) electrons. The molecule has 1 unspecified atom stereocenters. The Morgan fingerprint density at radius 1 is 0.848 bits per heavy atom. The Morgan fingerprint density at radius 2 is 1.50 bits per heavy atom. The number of rotatable bonds is 8. The maximum Gasteiger partial charge on any atom is 0.242 e. The number of carbonyl (C=O) groups is 2. The van der Waals surface area contributed by atoms with Crippen molar-refractivity contribution < 1.29 is 23.8 Å². The molecule has 242 valence electrons. The molecule has 3 aliphatic rings. The first-order chi connectivity index (χ1) is 22.2. The van der Waals surface area contributed by atoms with E-state index in [0.717, 1.165) is 42.3 Å². The van der Waals surface area contributed by atoms with Crippen molar-refractivity contribution in [3.63, 3.8) is 0 Å². The minimum Gasteiger partial charge on any atom is -0.496 e. The van der Waals surface area contributed by atoms with Crippen molar-refractivity contribution in [3.8, 4) is 17.2 Å². The zero-order valence-corrected chi connectivity index (χ0v) is 27.5. The summed E-state index contributed by atoms with van der Waals surface area (Å²) in [6, 6.07) is 21.5. The summed E-state index contributed by atoms with van der Waals surface area (Å²) in [7, 11) is 4.79. The van der Waals surface area contributed by atoms with Crippen molar-refractivity contribution in [1.82, 2.24) is 9.80 Å². The predicted octanol–water partition coefficient (Wildman–Crippen LogP) is 5.67. The predicted molar refractivity (Wildman–Crippen MR) is 180 cm³/mol. The van der Waals surface area contributed by atoms with Gasteiger partial charge in [0, 0.05) is 62.0 Å². The third-order valence-electron chi connectivity index (χ3n) is 9.31. The number of methoxy groups -OCH3 is 3. The lowest BCUT2D eigenvalue weighted by Crippen LogP contribution is -2.51. The Bertz CT molecular complexity index is 1630. The lowest BCUT2D eigenvalue weighted by atomic mass is 9.73. The van der Waals surface area contributed by atoms with Crippen molar-refractivity contribution in [2.24, 2.45) is 5.41 Å². The SMILES string of the molecule is COc1cc(OC)c(C2C3=C(CC(C)(C)CC3=O)Nc3ccccc3N2CC(=O)N2CCN(Cc3ccccc3)CC2)cc1OC. The fourth-order valence-corrected chi connectivity index (χ4v) is 7.06. The fraction of sp³-hybridized carbons (Fsp3) is 0.405. The van der Waals surface area contributed by atoms with Crippen molar-refractivity contribution in [2.45, 2.75) is 39.3 Å². The van der Waals surface area contributed by atoms with E-state index in [0.29, 0.717) is 48.8 Å². The highest BCUT2D eigenvalue weighted by molar-refractivity contribution is 6.02. The van der Waals surface area contributed by atoms with Crippen LogP contribution in [0.5, 0.6) is 17.2 Å². The number of nitrogens with zero attached hydrogens (tertiary/aromatic N) is 3. The van der Waals surface area contributed by atoms with Crippen LogP contribution in [0.1, 0.15) is 43.9 Å². The second-order valence-corrected chi connectivity index (χ2v) is 13.1. The quantitative estimate of drug-likeness (QED) is 0.343. The molecule has 0 aromatic heterocycles. The lowest BCUT2D eigenvalue weighted by Gasteiger charge is -2.40. The number of carbonyl (C=O) groups excluding carboxylic acids is 2. The highest BCUT2D eigenvalue weighted by atomic mass is 16.5. The minimum absolute atomic E-state index is 0.0197. The van der Waals surface area contributed by atoms with Crippen LogP contribution in [0.15, 0.2) is 78.0 Å². The Labute approximate surface area is 271 Å². The van der Waals surface area contributed by atoms with Gasteiger partial charge in [0.05, 0.1) is 45.3 Å². The van der Waals surface area contributed by atoms with Gasteiger partial charge in [-0.3, -0.25) is 14.5 Å². The van der Waals surface area contributed by atoms with Gasteiger partial charge in [0.25, 0.3) is 0 Å². The van der Waals surface area contributed by atoms with E-state index in [4.69, 9.17) is 14.2 Å². The van der Waals surface area contributed by atoms with Crippen molar-refractivity contribution in [2.75, 3.05) is 64.3 Å². The molecule has 3 aromatic rings. The number of allylic oxidation sites excluding steroid dienone is 1. The van der Waals surface area contributed by atoms with Crippen LogP contribution in [-0.2, 0) is 16.1 Å². The Kier molecular flexibility index (Phi) is 8.95. The zero-order valence-electron chi connectivity index (χ0n) is 27.5. The van der Waals surface area contributed by atoms with Gasteiger partial charge in [0.1, 0.15) is 5.75 Å². The first kappa shape index (κ1) is 31.5. The normalized spacial score (nSPS) is 19.5. The van der Waals surface area contributed by atoms with Gasteiger partial charge in [-0.15, -0.1) is 0 Å². The average molecular weight is 625 g/mol. The molecule has 46 heavy (non-hydrogen) atoms. The molecule has 1 aliphatic carbocycles. The smallest absolute Gasteiger partial charge is 0.242 e. The number of nitrogens with one attached hydrogen (secondary N) is 1. The Hall–Kier alpha value is -4.50. The van der Waals surface area contributed by atoms with E-state index in [-0.39, 0.29) is 23.7 Å². The van der Waals surface area contributed by atoms with Gasteiger partial charge in [0.2, 0.25) is 5.91 Å². The number of piperazine rings is 1. The van der Waals surface area contributed by atoms with Gasteiger partial charge in [-0.2, -0.15) is 0 Å². The molecule has 9 nitrogen and oxygen atoms in total. The Balaban J connectivity index is 1.40. The van der Waals surface area contributed by atoms with Gasteiger partial charge in [0.15, 0.2) is 17.3 Å². The molecular weight excluding hydrogens is 580 g/mol. The van der Waals surface area contributed by atoms with Crippen LogP contribution in [0.4, 0.5) is 11.4 Å². The molecule has 9 heteroatoms. The number of amides is 1. The summed E-state index contributed by atoms with van der Waals surface area (Å²) in [5, 5.41) is 3.64. The largest absolute Gasteiger partial charge is 0.496 e. The number of ketones is 1. The van der Waals surface area contributed by atoms with Crippen LogP contribution in [0.25, 0.3) is 0 Å². The van der Waals surface area contributed by atoms with Crippen molar-refractivity contribution in [3.05, 3.63) is 89.1 Å². The Morgan fingerprint density at radius 3 is 2.20 bits per heavy atom. The molecule has 3 aromatic carbocycles. The maximum atomic E-state index is 14.2. The molecule has 1 atom stereocenters. The maximum absolute atomic E-state index is 14.2. The second-order valence-electron chi connectivity index (χ2n) is 13.1. The third kappa shape index (κ3) is 6.29. The van der Waals surface area contributed by atoms with Gasteiger partial charge >= 0.3 is 0 Å². The number of hydrogen-bond acceptors (Lipinski definition) is 8. The monoisotopic (exact) mass is 624 g/mol. The van der Waals surface area contributed by atoms with E-state index >= 15 is 0 Å². The first-order valence-corrected chi connectivity index (χ1v) is 15.9. The second kappa shape index (κ2) is 13.1. The van der Waals surface area contributed by atoms with Gasteiger partial charge in [-0.25, -0.2) is 0 Å². The molecule has 1 fully saturated rings. The third-order valence-corrected chi connectivity index (χ3v) is 9.31. The van der Waals surface area contributed by atoms with E-state index in [1.807, 2.05) is 41.3 Å². The minimum atomic E-state index is -0.604. The summed E-state index contributed by atoms with van der Waals surface area (Å²) < 4.78 is 17.3. The van der Waals surface area contributed by atoms with Crippen molar-refractivity contribution in [1.29, 1.82) is 0 Å². The highest BCUT2D eigenvalue weighted by Crippen LogP contribution is 2.51. The standard InChI is InChI=1S/C37H44N4O5/c1-37(2)21-28-35(30(42)22-37)36(26-19-32(45-4)33(46-5)20-31(26)44-3)41(29-14-10-9-13-27(29)38-28)24-34(43)40-17-15-39(16-18-40)23-25-11-7-6-8-12-25/h6-14,19-20,36,38H,15-18,21-24H2,1-5H3. The summed E-state index contributed by atoms with van der Waals surface area (Å²) in [4.78, 5) is 34.8. The summed E-state index contributed by atoms with van der Waals surface area (Å²) >= 11 is 0. The van der Waals surface area contributed by atoms with Crippen LogP contribution in [0, 0.1) is 5.41 Å². The number of ether oxygens (including phenoxy) is 3. The first-order valence-electron chi connectivity index (χ1n) is 15.9. The van der Waals surface area contributed by atoms with Crippen LogP contribution >= 0.6 is 0 Å². The van der Waals surface area contributed by atoms with Crippen LogP contribution in [-0.4, -0.2) is 75.5 Å². The molecule has 2 heterocycles. The van der Waals surface area contributed by atoms with Crippen molar-refractivity contribution >= 4 is 23.1 Å². The number of Topliss-reactive ketones (excluding diaryl/α,β-unsaturated/α-hetero) is 1. The topological polar surface area (TPSA) is 83.6 Å². The molecular formula is C37H44N4O5. The van der Waals surface area contributed by atoms with Gasteiger partial charge < -0.3 is 29.3 Å². The number of anilines is 2. The van der Waals surface area contributed by atoms with E-state index in [1.54, 1.807) is 27.4 Å². The van der Waals surface area contributed by atoms with Gasteiger partial charge in [-0.05, 0) is 35.6 Å². The molecule has 1 amide bonds. The molecule has 6 rings (SSSR count). The van der Waals surface area contributed by atoms with Crippen LogP contribution < -0.4 is 24.4 Å². The van der Waals surface area contributed by atoms with E-state index in [1.165, 1.54) is 5.56 Å². The summed E-state index contributed by atoms with van der Waals surface area (Å²) in [5.74, 6) is 1.68. The van der Waals surface area contributed by atoms with E-state index in [9.17, 15) is 9.59 Å². The summed E-state index contributed by atoms with van der Waals surface area (Å²) in [6.07, 6.45) is 1.10. The van der Waals surface area contributed by atoms with Crippen LogP contribution in [0.3, 0.4) is 0 Å². The molecule has 0 bridgehead atoms. The summed E-state index contributed by atoms with van der Waals surface area (Å²) in [5.41, 5.74) is 5.03. The molecule has 2 aliphatic heterocycles. The number of benzene rings is 3. The van der Waals surface area contributed by atoms with Gasteiger partial charge in [-0.1, -0.05) is 56.3 Å². The number of fused-ring (bicyclic) bond motifs is 1. The molecule has 1 N–H and O–H groups in total. The lowest BCUT2D eigenvalue weighted by molar-refractivity contribution is -0.131. The zero-order chi connectivity index (χ0) is 32.4. The van der Waals surface area contributed by atoms with E-state index < -0.39 is 6.04 Å². The summed E-state index contributed by atoms with van der Waals surface area (Å²) in [6.45, 7) is 8.09. The highest BCUT2D eigenvalue weighted by Gasteiger charge is 2.43. The molecule has 0 spiro atoms. The fourth-order valence-electron chi connectivity index (χ4n) is 7.06. The average Bonchev–Trinajstić information content (AvgIpc) is 3.18. The van der Waals surface area contributed by atoms with Crippen LogP contribution in [0.2, 0.25) is 0 Å². The van der Waals surface area contributed by atoms with E-state index in [2.05, 4.69) is 53.2 Å².